The molecule has 2 nitrogen and oxygen atoms in total. The van der Waals surface area contributed by atoms with E-state index in [1.165, 1.54) is 45.2 Å². The van der Waals surface area contributed by atoms with Gasteiger partial charge in [0.1, 0.15) is 0 Å². The molecule has 1 aliphatic carbocycles. The van der Waals surface area contributed by atoms with E-state index >= 15 is 0 Å². The number of hydrogen-bond acceptors (Lipinski definition) is 2. The highest BCUT2D eigenvalue weighted by atomic mass is 15.1. The molecule has 0 aliphatic heterocycles. The molecule has 0 bridgehead atoms. The maximum Gasteiger partial charge on any atom is 0.0159 e. The van der Waals surface area contributed by atoms with Crippen LogP contribution >= 0.6 is 0 Å². The molecule has 0 saturated heterocycles. The Morgan fingerprint density at radius 1 is 1.26 bits per heavy atom. The zero-order valence-corrected chi connectivity index (χ0v) is 14.1. The SMILES string of the molecule is CCCNC1C(CN(C)C(C)CCC)CCC1(C)C. The Labute approximate surface area is 121 Å². The van der Waals surface area contributed by atoms with E-state index in [0.717, 1.165) is 12.0 Å². The molecule has 114 valence electrons. The standard InChI is InChI=1S/C17H36N2/c1-7-9-14(3)19(6)13-15-10-11-17(4,5)16(15)18-12-8-2/h14-16,18H,7-13H2,1-6H3. The lowest BCUT2D eigenvalue weighted by atomic mass is 9.84. The predicted octanol–water partition coefficient (Wildman–Crippen LogP) is 3.91. The largest absolute Gasteiger partial charge is 0.313 e. The third kappa shape index (κ3) is 4.75. The van der Waals surface area contributed by atoms with Crippen LogP contribution in [0.3, 0.4) is 0 Å². The molecule has 0 radical (unpaired) electrons. The van der Waals surface area contributed by atoms with Gasteiger partial charge in [0.25, 0.3) is 0 Å². The molecule has 0 spiro atoms. The first-order valence-electron chi connectivity index (χ1n) is 8.36. The Bertz CT molecular complexity index is 250. The van der Waals surface area contributed by atoms with Crippen LogP contribution in [-0.4, -0.2) is 37.1 Å². The quantitative estimate of drug-likeness (QED) is 0.718. The molecule has 0 aromatic carbocycles. The summed E-state index contributed by atoms with van der Waals surface area (Å²) in [6.07, 6.45) is 6.60. The zero-order valence-electron chi connectivity index (χ0n) is 14.1. The fourth-order valence-corrected chi connectivity index (χ4v) is 3.65. The molecule has 0 aromatic heterocycles. The van der Waals surface area contributed by atoms with E-state index in [1.54, 1.807) is 0 Å². The van der Waals surface area contributed by atoms with Crippen LogP contribution in [0.5, 0.6) is 0 Å². The molecule has 1 rings (SSSR count). The average molecular weight is 268 g/mol. The topological polar surface area (TPSA) is 15.3 Å². The van der Waals surface area contributed by atoms with E-state index in [4.69, 9.17) is 0 Å². The van der Waals surface area contributed by atoms with Gasteiger partial charge in [0.05, 0.1) is 0 Å². The number of nitrogens with zero attached hydrogens (tertiary/aromatic N) is 1. The van der Waals surface area contributed by atoms with Crippen molar-refractivity contribution in [3.8, 4) is 0 Å². The molecule has 1 aliphatic rings. The Morgan fingerprint density at radius 3 is 2.53 bits per heavy atom. The van der Waals surface area contributed by atoms with E-state index in [2.05, 4.69) is 51.9 Å². The Kier molecular flexibility index (Phi) is 6.82. The van der Waals surface area contributed by atoms with Gasteiger partial charge in [-0.15, -0.1) is 0 Å². The smallest absolute Gasteiger partial charge is 0.0159 e. The van der Waals surface area contributed by atoms with Crippen molar-refractivity contribution in [2.24, 2.45) is 11.3 Å². The molecule has 3 atom stereocenters. The number of nitrogens with one attached hydrogen (secondary N) is 1. The van der Waals surface area contributed by atoms with Crippen molar-refractivity contribution in [3.63, 3.8) is 0 Å². The van der Waals surface area contributed by atoms with Crippen molar-refractivity contribution in [1.82, 2.24) is 10.2 Å². The van der Waals surface area contributed by atoms with E-state index in [1.807, 2.05) is 0 Å². The fourth-order valence-electron chi connectivity index (χ4n) is 3.65. The molecule has 1 saturated carbocycles. The van der Waals surface area contributed by atoms with Crippen molar-refractivity contribution < 1.29 is 0 Å². The first-order valence-corrected chi connectivity index (χ1v) is 8.36. The van der Waals surface area contributed by atoms with Crippen LogP contribution in [0.15, 0.2) is 0 Å². The van der Waals surface area contributed by atoms with Crippen LogP contribution in [0.25, 0.3) is 0 Å². The maximum atomic E-state index is 3.82. The third-order valence-corrected chi connectivity index (χ3v) is 5.07. The summed E-state index contributed by atoms with van der Waals surface area (Å²) in [7, 11) is 2.31. The summed E-state index contributed by atoms with van der Waals surface area (Å²) >= 11 is 0. The van der Waals surface area contributed by atoms with Gasteiger partial charge in [0, 0.05) is 18.6 Å². The second-order valence-electron chi connectivity index (χ2n) is 7.30. The minimum Gasteiger partial charge on any atom is -0.313 e. The van der Waals surface area contributed by atoms with Crippen LogP contribution in [0.4, 0.5) is 0 Å². The molecule has 1 N–H and O–H groups in total. The highest BCUT2D eigenvalue weighted by Crippen LogP contribution is 2.41. The molecule has 19 heavy (non-hydrogen) atoms. The molecule has 0 amide bonds. The predicted molar refractivity (Wildman–Crippen MR) is 85.6 cm³/mol. The van der Waals surface area contributed by atoms with Gasteiger partial charge in [-0.3, -0.25) is 0 Å². The Hall–Kier alpha value is -0.0800. The highest BCUT2D eigenvalue weighted by Gasteiger charge is 2.41. The number of rotatable bonds is 8. The highest BCUT2D eigenvalue weighted by molar-refractivity contribution is 4.97. The minimum absolute atomic E-state index is 0.467. The monoisotopic (exact) mass is 268 g/mol. The van der Waals surface area contributed by atoms with Crippen LogP contribution in [0.1, 0.15) is 66.7 Å². The van der Waals surface area contributed by atoms with Gasteiger partial charge in [0.15, 0.2) is 0 Å². The molecule has 1 fully saturated rings. The summed E-state index contributed by atoms with van der Waals surface area (Å²) in [5, 5.41) is 3.82. The normalized spacial score (nSPS) is 27.9. The number of hydrogen-bond donors (Lipinski definition) is 1. The molecule has 3 unspecified atom stereocenters. The summed E-state index contributed by atoms with van der Waals surface area (Å²) < 4.78 is 0. The molecular formula is C17H36N2. The van der Waals surface area contributed by atoms with Crippen molar-refractivity contribution in [2.45, 2.75) is 78.8 Å². The van der Waals surface area contributed by atoms with Gasteiger partial charge in [0.2, 0.25) is 0 Å². The summed E-state index contributed by atoms with van der Waals surface area (Å²) in [4.78, 5) is 2.58. The molecule has 0 aromatic rings. The second kappa shape index (κ2) is 7.64. The van der Waals surface area contributed by atoms with Gasteiger partial charge in [-0.2, -0.15) is 0 Å². The Morgan fingerprint density at radius 2 is 1.95 bits per heavy atom. The van der Waals surface area contributed by atoms with Crippen molar-refractivity contribution in [3.05, 3.63) is 0 Å². The van der Waals surface area contributed by atoms with Crippen molar-refractivity contribution in [2.75, 3.05) is 20.1 Å². The molecule has 2 heteroatoms. The van der Waals surface area contributed by atoms with Crippen molar-refractivity contribution in [1.29, 1.82) is 0 Å². The van der Waals surface area contributed by atoms with Crippen LogP contribution in [-0.2, 0) is 0 Å². The summed E-state index contributed by atoms with van der Waals surface area (Å²) in [5.41, 5.74) is 0.467. The lowest BCUT2D eigenvalue weighted by Gasteiger charge is -2.35. The van der Waals surface area contributed by atoms with Gasteiger partial charge in [-0.05, 0) is 57.5 Å². The van der Waals surface area contributed by atoms with E-state index < -0.39 is 0 Å². The molecular weight excluding hydrogens is 232 g/mol. The Balaban J connectivity index is 2.55. The van der Waals surface area contributed by atoms with E-state index in [9.17, 15) is 0 Å². The summed E-state index contributed by atoms with van der Waals surface area (Å²) in [6, 6.07) is 1.42. The van der Waals surface area contributed by atoms with Gasteiger partial charge >= 0.3 is 0 Å². The third-order valence-electron chi connectivity index (χ3n) is 5.07. The lowest BCUT2D eigenvalue weighted by molar-refractivity contribution is 0.171. The van der Waals surface area contributed by atoms with E-state index in [-0.39, 0.29) is 0 Å². The first-order chi connectivity index (χ1) is 8.92. The fraction of sp³-hybridized carbons (Fsp3) is 1.00. The molecule has 0 heterocycles. The van der Waals surface area contributed by atoms with Crippen LogP contribution in [0, 0.1) is 11.3 Å². The van der Waals surface area contributed by atoms with E-state index in [0.29, 0.717) is 11.5 Å². The first kappa shape index (κ1) is 17.0. The van der Waals surface area contributed by atoms with Crippen molar-refractivity contribution >= 4 is 0 Å². The van der Waals surface area contributed by atoms with Crippen LogP contribution < -0.4 is 5.32 Å². The lowest BCUT2D eigenvalue weighted by Crippen LogP contribution is -2.46. The van der Waals surface area contributed by atoms with Gasteiger partial charge in [-0.1, -0.05) is 34.1 Å². The summed E-state index contributed by atoms with van der Waals surface area (Å²) in [5.74, 6) is 0.825. The van der Waals surface area contributed by atoms with Crippen LogP contribution in [0.2, 0.25) is 0 Å². The maximum absolute atomic E-state index is 3.82. The average Bonchev–Trinajstić information content (AvgIpc) is 2.62. The summed E-state index contributed by atoms with van der Waals surface area (Å²) in [6.45, 7) is 14.2. The zero-order chi connectivity index (χ0) is 14.5. The second-order valence-corrected chi connectivity index (χ2v) is 7.30. The van der Waals surface area contributed by atoms with Gasteiger partial charge < -0.3 is 10.2 Å². The van der Waals surface area contributed by atoms with Gasteiger partial charge in [-0.25, -0.2) is 0 Å². The minimum atomic E-state index is 0.467.